The topological polar surface area (TPSA) is 64.1 Å². The van der Waals surface area contributed by atoms with Gasteiger partial charge in [0.05, 0.1) is 6.42 Å². The maximum Gasteiger partial charge on any atom is 0.298 e. The number of hydrogen-bond donors (Lipinski definition) is 1. The van der Waals surface area contributed by atoms with Crippen LogP contribution in [0.1, 0.15) is 43.1 Å². The Labute approximate surface area is 174 Å². The normalized spacial score (nSPS) is 10.7. The number of amides is 1. The summed E-state index contributed by atoms with van der Waals surface area (Å²) in [5, 5.41) is 3.39. The highest BCUT2D eigenvalue weighted by Gasteiger charge is 2.08. The van der Waals surface area contributed by atoms with E-state index < -0.39 is 0 Å². The largest absolute Gasteiger partial charge is 0.430 e. The predicted octanol–water partition coefficient (Wildman–Crippen LogP) is 4.91. The Bertz CT molecular complexity index is 911. The van der Waals surface area contributed by atoms with Gasteiger partial charge in [0.2, 0.25) is 5.91 Å². The van der Waals surface area contributed by atoms with Crippen LogP contribution >= 0.6 is 11.5 Å². The van der Waals surface area contributed by atoms with Gasteiger partial charge in [-0.2, -0.15) is 9.36 Å². The van der Waals surface area contributed by atoms with Crippen molar-refractivity contribution in [3.05, 3.63) is 71.3 Å². The lowest BCUT2D eigenvalue weighted by Gasteiger charge is -2.06. The van der Waals surface area contributed by atoms with Gasteiger partial charge in [0.15, 0.2) is 5.82 Å². The molecule has 2 aromatic carbocycles. The van der Waals surface area contributed by atoms with Crippen LogP contribution in [0, 0.1) is 5.82 Å². The molecule has 0 bridgehead atoms. The summed E-state index contributed by atoms with van der Waals surface area (Å²) in [6, 6.07) is 13.7. The molecule has 0 atom stereocenters. The second-order valence-electron chi connectivity index (χ2n) is 6.76. The highest BCUT2D eigenvalue weighted by Crippen LogP contribution is 2.24. The summed E-state index contributed by atoms with van der Waals surface area (Å²) in [4.78, 5) is 16.3. The Morgan fingerprint density at radius 2 is 1.79 bits per heavy atom. The van der Waals surface area contributed by atoms with Crippen molar-refractivity contribution in [1.29, 1.82) is 0 Å². The molecule has 7 heteroatoms. The fraction of sp³-hybridized carbons (Fsp3) is 0.318. The zero-order valence-corrected chi connectivity index (χ0v) is 17.2. The summed E-state index contributed by atoms with van der Waals surface area (Å²) in [7, 11) is 0. The Balaban J connectivity index is 1.49. The van der Waals surface area contributed by atoms with Gasteiger partial charge in [-0.15, -0.1) is 0 Å². The average Bonchev–Trinajstić information content (AvgIpc) is 3.15. The molecule has 1 amide bonds. The summed E-state index contributed by atoms with van der Waals surface area (Å²) >= 11 is 1.17. The predicted molar refractivity (Wildman–Crippen MR) is 112 cm³/mol. The van der Waals surface area contributed by atoms with Crippen LogP contribution in [0.25, 0.3) is 0 Å². The Morgan fingerprint density at radius 3 is 2.52 bits per heavy atom. The number of benzene rings is 2. The van der Waals surface area contributed by atoms with E-state index in [4.69, 9.17) is 4.74 Å². The molecular weight excluding hydrogens is 389 g/mol. The molecule has 1 N–H and O–H groups in total. The van der Waals surface area contributed by atoms with Crippen molar-refractivity contribution < 1.29 is 13.9 Å². The number of aromatic nitrogens is 2. The first kappa shape index (κ1) is 20.9. The van der Waals surface area contributed by atoms with Crippen LogP contribution in [0.3, 0.4) is 0 Å². The van der Waals surface area contributed by atoms with Crippen molar-refractivity contribution in [2.24, 2.45) is 0 Å². The van der Waals surface area contributed by atoms with Crippen LogP contribution in [0.15, 0.2) is 48.5 Å². The first-order chi connectivity index (χ1) is 14.1. The van der Waals surface area contributed by atoms with Crippen molar-refractivity contribution in [3.63, 3.8) is 0 Å². The number of rotatable bonds is 10. The Kier molecular flexibility index (Phi) is 7.69. The standard InChI is InChI=1S/C22H24FN3O2S/c1-2-3-4-13-24-21(27)15-17-7-11-19(12-8-17)28-22-25-20(26-29-22)14-16-5-9-18(23)10-6-16/h5-12H,2-4,13-15H2,1H3,(H,24,27). The number of ether oxygens (including phenoxy) is 1. The van der Waals surface area contributed by atoms with Crippen molar-refractivity contribution in [2.45, 2.75) is 39.0 Å². The molecule has 0 aliphatic rings. The molecule has 3 rings (SSSR count). The number of halogens is 1. The Hall–Kier alpha value is -2.80. The van der Waals surface area contributed by atoms with Gasteiger partial charge in [0.1, 0.15) is 11.6 Å². The summed E-state index contributed by atoms with van der Waals surface area (Å²) in [6.07, 6.45) is 4.16. The van der Waals surface area contributed by atoms with E-state index in [-0.39, 0.29) is 11.7 Å². The SMILES string of the molecule is CCCCCNC(=O)Cc1ccc(Oc2nc(Cc3ccc(F)cc3)ns2)cc1. The molecule has 0 aliphatic carbocycles. The lowest BCUT2D eigenvalue weighted by atomic mass is 10.1. The van der Waals surface area contributed by atoms with Crippen molar-refractivity contribution >= 4 is 17.4 Å². The third-order valence-corrected chi connectivity index (χ3v) is 4.95. The highest BCUT2D eigenvalue weighted by molar-refractivity contribution is 7.07. The van der Waals surface area contributed by atoms with Crippen LogP contribution in [-0.4, -0.2) is 21.8 Å². The maximum absolute atomic E-state index is 13.0. The van der Waals surface area contributed by atoms with Gasteiger partial charge in [0.25, 0.3) is 5.19 Å². The molecule has 0 spiro atoms. The molecule has 0 unspecified atom stereocenters. The minimum Gasteiger partial charge on any atom is -0.430 e. The molecule has 3 aromatic rings. The third kappa shape index (κ3) is 6.94. The number of nitrogens with zero attached hydrogens (tertiary/aromatic N) is 2. The molecular formula is C22H24FN3O2S. The van der Waals surface area contributed by atoms with E-state index in [1.165, 1.54) is 23.7 Å². The van der Waals surface area contributed by atoms with Gasteiger partial charge >= 0.3 is 0 Å². The molecule has 29 heavy (non-hydrogen) atoms. The highest BCUT2D eigenvalue weighted by atomic mass is 32.1. The van der Waals surface area contributed by atoms with E-state index in [0.29, 0.717) is 29.6 Å². The molecule has 152 valence electrons. The van der Waals surface area contributed by atoms with Gasteiger partial charge in [0, 0.05) is 24.5 Å². The zero-order chi connectivity index (χ0) is 20.5. The summed E-state index contributed by atoms with van der Waals surface area (Å²) in [5.41, 5.74) is 1.87. The van der Waals surface area contributed by atoms with E-state index in [1.54, 1.807) is 12.1 Å². The van der Waals surface area contributed by atoms with Crippen molar-refractivity contribution in [1.82, 2.24) is 14.7 Å². The fourth-order valence-corrected chi connectivity index (χ4v) is 3.33. The van der Waals surface area contributed by atoms with Crippen LogP contribution < -0.4 is 10.1 Å². The van der Waals surface area contributed by atoms with Gasteiger partial charge < -0.3 is 10.1 Å². The number of nitrogens with one attached hydrogen (secondary N) is 1. The van der Waals surface area contributed by atoms with Gasteiger partial charge in [-0.3, -0.25) is 4.79 Å². The maximum atomic E-state index is 13.0. The number of unbranched alkanes of at least 4 members (excludes halogenated alkanes) is 2. The molecule has 0 radical (unpaired) electrons. The number of carbonyl (C=O) groups excluding carboxylic acids is 1. The molecule has 0 saturated heterocycles. The minimum absolute atomic E-state index is 0.0318. The van der Waals surface area contributed by atoms with E-state index in [1.807, 2.05) is 24.3 Å². The van der Waals surface area contributed by atoms with Crippen LogP contribution in [0.5, 0.6) is 10.9 Å². The van der Waals surface area contributed by atoms with E-state index in [2.05, 4.69) is 21.6 Å². The van der Waals surface area contributed by atoms with Crippen LogP contribution in [0.2, 0.25) is 0 Å². The summed E-state index contributed by atoms with van der Waals surface area (Å²) < 4.78 is 23.0. The molecule has 0 aliphatic heterocycles. The number of hydrogen-bond acceptors (Lipinski definition) is 5. The van der Waals surface area contributed by atoms with Gasteiger partial charge in [-0.1, -0.05) is 44.0 Å². The monoisotopic (exact) mass is 413 g/mol. The second-order valence-corrected chi connectivity index (χ2v) is 7.47. The summed E-state index contributed by atoms with van der Waals surface area (Å²) in [6.45, 7) is 2.87. The molecule has 1 aromatic heterocycles. The molecule has 1 heterocycles. The number of carbonyl (C=O) groups is 1. The van der Waals surface area contributed by atoms with E-state index >= 15 is 0 Å². The van der Waals surface area contributed by atoms with Gasteiger partial charge in [-0.05, 0) is 41.8 Å². The quantitative estimate of drug-likeness (QED) is 0.480. The first-order valence-corrected chi connectivity index (χ1v) is 10.5. The van der Waals surface area contributed by atoms with Crippen LogP contribution in [0.4, 0.5) is 4.39 Å². The summed E-state index contributed by atoms with van der Waals surface area (Å²) in [5.74, 6) is 1.04. The van der Waals surface area contributed by atoms with Gasteiger partial charge in [-0.25, -0.2) is 4.39 Å². The van der Waals surface area contributed by atoms with Crippen LogP contribution in [-0.2, 0) is 17.6 Å². The smallest absolute Gasteiger partial charge is 0.298 e. The molecule has 0 fully saturated rings. The molecule has 0 saturated carbocycles. The average molecular weight is 414 g/mol. The lowest BCUT2D eigenvalue weighted by Crippen LogP contribution is -2.26. The van der Waals surface area contributed by atoms with E-state index in [0.717, 1.165) is 36.9 Å². The van der Waals surface area contributed by atoms with Crippen molar-refractivity contribution in [3.8, 4) is 10.9 Å². The Morgan fingerprint density at radius 1 is 1.07 bits per heavy atom. The minimum atomic E-state index is -0.263. The fourth-order valence-electron chi connectivity index (χ4n) is 2.76. The third-order valence-electron chi connectivity index (χ3n) is 4.32. The first-order valence-electron chi connectivity index (χ1n) is 9.73. The lowest BCUT2D eigenvalue weighted by molar-refractivity contribution is -0.120. The zero-order valence-electron chi connectivity index (χ0n) is 16.4. The van der Waals surface area contributed by atoms with Crippen molar-refractivity contribution in [2.75, 3.05) is 6.54 Å². The molecule has 5 nitrogen and oxygen atoms in total. The second kappa shape index (κ2) is 10.7. The van der Waals surface area contributed by atoms with E-state index in [9.17, 15) is 9.18 Å².